The molecule has 0 aromatic carbocycles. The molecule has 0 bridgehead atoms. The van der Waals surface area contributed by atoms with Crippen molar-refractivity contribution in [2.75, 3.05) is 7.11 Å². The molecule has 1 aromatic heterocycles. The second kappa shape index (κ2) is 6.52. The molecule has 1 aromatic rings. The number of methoxy groups -OCH3 is 1. The fourth-order valence-electron chi connectivity index (χ4n) is 5.90. The van der Waals surface area contributed by atoms with Crippen LogP contribution in [0, 0.1) is 22.7 Å². The highest BCUT2D eigenvalue weighted by molar-refractivity contribution is 5.91. The summed E-state index contributed by atoms with van der Waals surface area (Å²) in [6.07, 6.45) is 7.02. The standard InChI is InChI=1S/C21H30O5/c1-14-12-16(22)17-19(2,18(23)25-4)8-5-9-20(17,3)21(14,24)10-6-15-7-11-26-13-15/h7,11,13-14,17,24H,5-6,8-10,12H2,1-4H3. The SMILES string of the molecule is COC(=O)C1(C)CCCC2(C)C1C(=O)CC(C)C2(O)CCc1ccoc1. The number of esters is 1. The second-order valence-corrected chi connectivity index (χ2v) is 8.74. The molecule has 5 nitrogen and oxygen atoms in total. The minimum Gasteiger partial charge on any atom is -0.472 e. The lowest BCUT2D eigenvalue weighted by atomic mass is 9.43. The van der Waals surface area contributed by atoms with Crippen LogP contribution in [0.25, 0.3) is 0 Å². The molecular formula is C21H30O5. The molecule has 1 N–H and O–H groups in total. The number of hydrogen-bond donors (Lipinski definition) is 1. The first-order valence-electron chi connectivity index (χ1n) is 9.53. The van der Waals surface area contributed by atoms with Gasteiger partial charge in [0.2, 0.25) is 0 Å². The highest BCUT2D eigenvalue weighted by Crippen LogP contribution is 2.62. The summed E-state index contributed by atoms with van der Waals surface area (Å²) in [4.78, 5) is 25.7. The number of carbonyl (C=O) groups is 2. The van der Waals surface area contributed by atoms with Crippen LogP contribution in [-0.4, -0.2) is 29.6 Å². The van der Waals surface area contributed by atoms with Crippen LogP contribution in [0.1, 0.15) is 58.4 Å². The Labute approximate surface area is 155 Å². The lowest BCUT2D eigenvalue weighted by molar-refractivity contribution is -0.216. The Balaban J connectivity index is 2.00. The summed E-state index contributed by atoms with van der Waals surface area (Å²) in [6.45, 7) is 5.80. The van der Waals surface area contributed by atoms with Gasteiger partial charge in [0.1, 0.15) is 5.78 Å². The number of rotatable bonds is 4. The molecule has 0 saturated heterocycles. The average molecular weight is 362 g/mol. The highest BCUT2D eigenvalue weighted by atomic mass is 16.5. The number of aryl methyl sites for hydroxylation is 1. The molecule has 0 aliphatic heterocycles. The molecule has 0 spiro atoms. The Morgan fingerprint density at radius 1 is 1.38 bits per heavy atom. The zero-order valence-electron chi connectivity index (χ0n) is 16.2. The quantitative estimate of drug-likeness (QED) is 0.829. The van der Waals surface area contributed by atoms with E-state index in [0.717, 1.165) is 18.4 Å². The monoisotopic (exact) mass is 362 g/mol. The van der Waals surface area contributed by atoms with Gasteiger partial charge in [-0.15, -0.1) is 0 Å². The lowest BCUT2D eigenvalue weighted by Crippen LogP contribution is -2.67. The minimum atomic E-state index is -1.02. The van der Waals surface area contributed by atoms with Gasteiger partial charge in [0.25, 0.3) is 0 Å². The summed E-state index contributed by atoms with van der Waals surface area (Å²) in [5.41, 5.74) is -1.50. The third-order valence-corrected chi connectivity index (χ3v) is 7.33. The molecule has 144 valence electrons. The highest BCUT2D eigenvalue weighted by Gasteiger charge is 2.67. The van der Waals surface area contributed by atoms with Crippen molar-refractivity contribution in [3.63, 3.8) is 0 Å². The number of aliphatic hydroxyl groups is 1. The van der Waals surface area contributed by atoms with Crippen LogP contribution in [0.15, 0.2) is 23.0 Å². The molecule has 0 radical (unpaired) electrons. The number of hydrogen-bond acceptors (Lipinski definition) is 5. The van der Waals surface area contributed by atoms with Crippen molar-refractivity contribution < 1.29 is 23.8 Å². The van der Waals surface area contributed by atoms with E-state index in [1.54, 1.807) is 12.5 Å². The van der Waals surface area contributed by atoms with Crippen molar-refractivity contribution in [2.24, 2.45) is 22.7 Å². The van der Waals surface area contributed by atoms with Crippen LogP contribution in [0.3, 0.4) is 0 Å². The number of fused-ring (bicyclic) bond motifs is 1. The summed E-state index contributed by atoms with van der Waals surface area (Å²) >= 11 is 0. The van der Waals surface area contributed by atoms with Gasteiger partial charge in [0, 0.05) is 17.8 Å². The topological polar surface area (TPSA) is 76.7 Å². The third-order valence-electron chi connectivity index (χ3n) is 7.33. The van der Waals surface area contributed by atoms with Gasteiger partial charge < -0.3 is 14.3 Å². The molecule has 5 heteroatoms. The maximum Gasteiger partial charge on any atom is 0.312 e. The van der Waals surface area contributed by atoms with Crippen LogP contribution in [0.2, 0.25) is 0 Å². The summed E-state index contributed by atoms with van der Waals surface area (Å²) in [5, 5.41) is 11.9. The first-order chi connectivity index (χ1) is 12.2. The van der Waals surface area contributed by atoms with Crippen molar-refractivity contribution >= 4 is 11.8 Å². The van der Waals surface area contributed by atoms with E-state index in [1.165, 1.54) is 7.11 Å². The first kappa shape index (κ1) is 19.2. The smallest absolute Gasteiger partial charge is 0.312 e. The van der Waals surface area contributed by atoms with E-state index in [2.05, 4.69) is 0 Å². The van der Waals surface area contributed by atoms with Gasteiger partial charge in [0.15, 0.2) is 0 Å². The Bertz CT molecular complexity index is 681. The zero-order chi connectivity index (χ0) is 19.2. The summed E-state index contributed by atoms with van der Waals surface area (Å²) in [7, 11) is 1.38. The summed E-state index contributed by atoms with van der Waals surface area (Å²) in [6, 6.07) is 1.90. The second-order valence-electron chi connectivity index (χ2n) is 8.74. The lowest BCUT2D eigenvalue weighted by Gasteiger charge is -2.61. The van der Waals surface area contributed by atoms with E-state index in [9.17, 15) is 14.7 Å². The molecular weight excluding hydrogens is 332 g/mol. The normalized spacial score (nSPS) is 40.1. The fourth-order valence-corrected chi connectivity index (χ4v) is 5.90. The number of Topliss-reactive ketones (excluding diaryl/α,β-unsaturated/α-hetero) is 1. The van der Waals surface area contributed by atoms with E-state index in [-0.39, 0.29) is 17.7 Å². The predicted octanol–water partition coefficient (Wildman–Crippen LogP) is 3.54. The average Bonchev–Trinajstić information content (AvgIpc) is 3.11. The van der Waals surface area contributed by atoms with Crippen molar-refractivity contribution in [1.29, 1.82) is 0 Å². The summed E-state index contributed by atoms with van der Waals surface area (Å²) < 4.78 is 10.2. The van der Waals surface area contributed by atoms with Crippen molar-refractivity contribution in [3.8, 4) is 0 Å². The Morgan fingerprint density at radius 3 is 2.73 bits per heavy atom. The van der Waals surface area contributed by atoms with Gasteiger partial charge in [-0.25, -0.2) is 0 Å². The molecule has 0 amide bonds. The predicted molar refractivity (Wildman–Crippen MR) is 96.3 cm³/mol. The van der Waals surface area contributed by atoms with Crippen LogP contribution < -0.4 is 0 Å². The van der Waals surface area contributed by atoms with Crippen LogP contribution >= 0.6 is 0 Å². The van der Waals surface area contributed by atoms with E-state index >= 15 is 0 Å². The molecule has 5 atom stereocenters. The molecule has 1 heterocycles. The maximum atomic E-state index is 13.1. The molecule has 2 fully saturated rings. The minimum absolute atomic E-state index is 0.0839. The Morgan fingerprint density at radius 2 is 2.12 bits per heavy atom. The first-order valence-corrected chi connectivity index (χ1v) is 9.53. The largest absolute Gasteiger partial charge is 0.472 e. The number of furan rings is 1. The van der Waals surface area contributed by atoms with E-state index in [1.807, 2.05) is 26.8 Å². The number of ketones is 1. The molecule has 2 aliphatic rings. The zero-order valence-corrected chi connectivity index (χ0v) is 16.2. The van der Waals surface area contributed by atoms with Crippen LogP contribution in [-0.2, 0) is 20.7 Å². The van der Waals surface area contributed by atoms with Gasteiger partial charge in [-0.05, 0) is 50.2 Å². The van der Waals surface area contributed by atoms with Crippen LogP contribution in [0.4, 0.5) is 0 Å². The van der Waals surface area contributed by atoms with Gasteiger partial charge >= 0.3 is 5.97 Å². The molecule has 2 aliphatic carbocycles. The van der Waals surface area contributed by atoms with E-state index < -0.39 is 22.3 Å². The van der Waals surface area contributed by atoms with Gasteiger partial charge in [-0.2, -0.15) is 0 Å². The van der Waals surface area contributed by atoms with Crippen molar-refractivity contribution in [1.82, 2.24) is 0 Å². The molecule has 5 unspecified atom stereocenters. The van der Waals surface area contributed by atoms with Crippen molar-refractivity contribution in [2.45, 2.75) is 64.9 Å². The molecule has 3 rings (SSSR count). The van der Waals surface area contributed by atoms with Crippen LogP contribution in [0.5, 0.6) is 0 Å². The number of ether oxygens (including phenoxy) is 1. The molecule has 26 heavy (non-hydrogen) atoms. The fraction of sp³-hybridized carbons (Fsp3) is 0.714. The third kappa shape index (κ3) is 2.63. The van der Waals surface area contributed by atoms with Gasteiger partial charge in [0.05, 0.1) is 30.7 Å². The Hall–Kier alpha value is -1.62. The van der Waals surface area contributed by atoms with Gasteiger partial charge in [-0.3, -0.25) is 9.59 Å². The van der Waals surface area contributed by atoms with Crippen molar-refractivity contribution in [3.05, 3.63) is 24.2 Å². The maximum absolute atomic E-state index is 13.1. The van der Waals surface area contributed by atoms with E-state index in [0.29, 0.717) is 25.7 Å². The molecule has 2 saturated carbocycles. The Kier molecular flexibility index (Phi) is 4.80. The summed E-state index contributed by atoms with van der Waals surface area (Å²) in [5.74, 6) is -0.918. The van der Waals surface area contributed by atoms with E-state index in [4.69, 9.17) is 9.15 Å². The van der Waals surface area contributed by atoms with Gasteiger partial charge in [-0.1, -0.05) is 20.3 Å². The number of carbonyl (C=O) groups excluding carboxylic acids is 2.